The Hall–Kier alpha value is -2.82. The zero-order chi connectivity index (χ0) is 17.7. The molecule has 5 nitrogen and oxygen atoms in total. The largest absolute Gasteiger partial charge is 0.376 e. The number of carbonyl (C=O) groups is 2. The smallest absolute Gasteiger partial charge is 0.253 e. The minimum absolute atomic E-state index is 0.0654. The van der Waals surface area contributed by atoms with Crippen molar-refractivity contribution in [3.63, 3.8) is 0 Å². The molecule has 0 aliphatic rings. The van der Waals surface area contributed by atoms with Gasteiger partial charge < -0.3 is 15.5 Å². The fraction of sp³-hybridized carbons (Fsp3) is 0.263. The van der Waals surface area contributed by atoms with Crippen molar-refractivity contribution in [2.24, 2.45) is 0 Å². The minimum Gasteiger partial charge on any atom is -0.376 e. The van der Waals surface area contributed by atoms with Crippen LogP contribution in [0.3, 0.4) is 0 Å². The highest BCUT2D eigenvalue weighted by molar-refractivity contribution is 5.96. The second-order valence-corrected chi connectivity index (χ2v) is 6.06. The van der Waals surface area contributed by atoms with Gasteiger partial charge in [-0.25, -0.2) is 0 Å². The van der Waals surface area contributed by atoms with Gasteiger partial charge in [-0.15, -0.1) is 0 Å². The number of benzene rings is 2. The fourth-order valence-corrected chi connectivity index (χ4v) is 2.42. The summed E-state index contributed by atoms with van der Waals surface area (Å²) >= 11 is 0. The first-order valence-corrected chi connectivity index (χ1v) is 7.79. The van der Waals surface area contributed by atoms with Crippen molar-refractivity contribution in [2.75, 3.05) is 31.3 Å². The molecule has 2 aromatic carbocycles. The number of amides is 2. The number of hydrogen-bond donors (Lipinski definition) is 2. The van der Waals surface area contributed by atoms with E-state index in [-0.39, 0.29) is 18.4 Å². The van der Waals surface area contributed by atoms with Crippen LogP contribution in [0.15, 0.2) is 42.5 Å². The van der Waals surface area contributed by atoms with Gasteiger partial charge in [0.05, 0.1) is 6.54 Å². The third-order valence-corrected chi connectivity index (χ3v) is 3.50. The Balaban J connectivity index is 1.91. The number of hydrogen-bond acceptors (Lipinski definition) is 3. The molecule has 2 N–H and O–H groups in total. The maximum absolute atomic E-state index is 12.0. The number of anilines is 2. The lowest BCUT2D eigenvalue weighted by molar-refractivity contribution is -0.114. The van der Waals surface area contributed by atoms with Crippen molar-refractivity contribution in [3.05, 3.63) is 59.2 Å². The summed E-state index contributed by atoms with van der Waals surface area (Å²) in [5, 5.41) is 5.93. The zero-order valence-electron chi connectivity index (χ0n) is 14.5. The molecule has 0 bridgehead atoms. The van der Waals surface area contributed by atoms with Crippen LogP contribution in [0.2, 0.25) is 0 Å². The van der Waals surface area contributed by atoms with E-state index in [1.807, 2.05) is 26.0 Å². The van der Waals surface area contributed by atoms with Gasteiger partial charge in [0.25, 0.3) is 5.91 Å². The van der Waals surface area contributed by atoms with Crippen LogP contribution in [0, 0.1) is 13.8 Å². The first-order valence-electron chi connectivity index (χ1n) is 7.79. The van der Waals surface area contributed by atoms with E-state index in [9.17, 15) is 9.59 Å². The van der Waals surface area contributed by atoms with Crippen LogP contribution in [0.25, 0.3) is 0 Å². The van der Waals surface area contributed by atoms with Crippen molar-refractivity contribution < 1.29 is 9.59 Å². The topological polar surface area (TPSA) is 61.4 Å². The van der Waals surface area contributed by atoms with Crippen molar-refractivity contribution in [1.82, 2.24) is 4.90 Å². The first kappa shape index (κ1) is 17.5. The number of nitrogens with one attached hydrogen (secondary N) is 2. The van der Waals surface area contributed by atoms with Crippen molar-refractivity contribution in [1.29, 1.82) is 0 Å². The predicted molar refractivity (Wildman–Crippen MR) is 97.5 cm³/mol. The van der Waals surface area contributed by atoms with Crippen LogP contribution >= 0.6 is 0 Å². The van der Waals surface area contributed by atoms with Crippen LogP contribution in [0.1, 0.15) is 21.5 Å². The third kappa shape index (κ3) is 4.84. The summed E-state index contributed by atoms with van der Waals surface area (Å²) in [6.07, 6.45) is 0. The average molecular weight is 325 g/mol. The van der Waals surface area contributed by atoms with E-state index in [0.29, 0.717) is 11.3 Å². The Morgan fingerprint density at radius 2 is 1.50 bits per heavy atom. The van der Waals surface area contributed by atoms with Gasteiger partial charge >= 0.3 is 0 Å². The van der Waals surface area contributed by atoms with E-state index in [4.69, 9.17) is 0 Å². The number of carbonyl (C=O) groups excluding carboxylic acids is 2. The molecule has 0 saturated heterocycles. The van der Waals surface area contributed by atoms with Crippen LogP contribution in [-0.4, -0.2) is 37.4 Å². The molecule has 126 valence electrons. The van der Waals surface area contributed by atoms with Gasteiger partial charge in [0.15, 0.2) is 0 Å². The summed E-state index contributed by atoms with van der Waals surface area (Å²) in [6, 6.07) is 13.0. The molecular weight excluding hydrogens is 302 g/mol. The molecule has 5 heteroatoms. The molecule has 0 unspecified atom stereocenters. The lowest BCUT2D eigenvalue weighted by Gasteiger charge is -2.11. The number of rotatable bonds is 5. The van der Waals surface area contributed by atoms with Crippen LogP contribution in [0.4, 0.5) is 11.4 Å². The van der Waals surface area contributed by atoms with Gasteiger partial charge in [-0.3, -0.25) is 9.59 Å². The third-order valence-electron chi connectivity index (χ3n) is 3.50. The Morgan fingerprint density at radius 1 is 0.917 bits per heavy atom. The van der Waals surface area contributed by atoms with E-state index in [1.165, 1.54) is 4.90 Å². The molecular formula is C19H23N3O2. The Labute approximate surface area is 142 Å². The summed E-state index contributed by atoms with van der Waals surface area (Å²) in [6.45, 7) is 4.23. The summed E-state index contributed by atoms with van der Waals surface area (Å²) in [5.74, 6) is -0.204. The number of nitrogens with zero attached hydrogens (tertiary/aromatic N) is 1. The summed E-state index contributed by atoms with van der Waals surface area (Å²) in [7, 11) is 3.41. The van der Waals surface area contributed by atoms with E-state index in [2.05, 4.69) is 16.7 Å². The molecule has 0 atom stereocenters. The highest BCUT2D eigenvalue weighted by atomic mass is 16.2. The lowest BCUT2D eigenvalue weighted by atomic mass is 10.1. The molecule has 0 fully saturated rings. The Bertz CT molecular complexity index is 717. The SMILES string of the molecule is Cc1cc(C)cc(NCC(=O)Nc2ccc(C(=O)N(C)C)cc2)c1. The monoisotopic (exact) mass is 325 g/mol. The zero-order valence-corrected chi connectivity index (χ0v) is 14.5. The summed E-state index contributed by atoms with van der Waals surface area (Å²) < 4.78 is 0. The quantitative estimate of drug-likeness (QED) is 0.888. The van der Waals surface area contributed by atoms with Crippen LogP contribution in [-0.2, 0) is 4.79 Å². The summed E-state index contributed by atoms with van der Waals surface area (Å²) in [4.78, 5) is 25.4. The van der Waals surface area contributed by atoms with Crippen LogP contribution < -0.4 is 10.6 Å². The average Bonchev–Trinajstić information content (AvgIpc) is 2.52. The molecule has 0 aliphatic carbocycles. The molecule has 24 heavy (non-hydrogen) atoms. The molecule has 2 amide bonds. The maximum atomic E-state index is 12.0. The van der Waals surface area contributed by atoms with Crippen molar-refractivity contribution in [3.8, 4) is 0 Å². The Kier molecular flexibility index (Phi) is 5.58. The van der Waals surface area contributed by atoms with Gasteiger partial charge in [-0.05, 0) is 61.4 Å². The molecule has 0 radical (unpaired) electrons. The van der Waals surface area contributed by atoms with Gasteiger partial charge in [-0.1, -0.05) is 6.07 Å². The number of aryl methyl sites for hydroxylation is 2. The van der Waals surface area contributed by atoms with Gasteiger partial charge in [-0.2, -0.15) is 0 Å². The fourth-order valence-electron chi connectivity index (χ4n) is 2.42. The van der Waals surface area contributed by atoms with E-state index in [0.717, 1.165) is 16.8 Å². The van der Waals surface area contributed by atoms with Gasteiger partial charge in [0, 0.05) is 31.0 Å². The summed E-state index contributed by atoms with van der Waals surface area (Å²) in [5.41, 5.74) is 4.48. The van der Waals surface area contributed by atoms with E-state index >= 15 is 0 Å². The van der Waals surface area contributed by atoms with Gasteiger partial charge in [0.2, 0.25) is 5.91 Å². The molecule has 0 heterocycles. The molecule has 0 spiro atoms. The molecule has 0 aromatic heterocycles. The van der Waals surface area contributed by atoms with Crippen molar-refractivity contribution in [2.45, 2.75) is 13.8 Å². The standard InChI is InChI=1S/C19H23N3O2/c1-13-9-14(2)11-17(10-13)20-12-18(23)21-16-7-5-15(6-8-16)19(24)22(3)4/h5-11,20H,12H2,1-4H3,(H,21,23). The second kappa shape index (κ2) is 7.64. The lowest BCUT2D eigenvalue weighted by Crippen LogP contribution is -2.23. The highest BCUT2D eigenvalue weighted by Crippen LogP contribution is 2.14. The molecule has 0 saturated carbocycles. The molecule has 0 aliphatic heterocycles. The van der Waals surface area contributed by atoms with E-state index in [1.54, 1.807) is 38.4 Å². The minimum atomic E-state index is -0.138. The Morgan fingerprint density at radius 3 is 2.04 bits per heavy atom. The predicted octanol–water partition coefficient (Wildman–Crippen LogP) is 3.06. The molecule has 2 rings (SSSR count). The molecule has 2 aromatic rings. The maximum Gasteiger partial charge on any atom is 0.253 e. The highest BCUT2D eigenvalue weighted by Gasteiger charge is 2.08. The first-order chi connectivity index (χ1) is 11.3. The normalized spacial score (nSPS) is 10.2. The van der Waals surface area contributed by atoms with Crippen LogP contribution in [0.5, 0.6) is 0 Å². The van der Waals surface area contributed by atoms with Gasteiger partial charge in [0.1, 0.15) is 0 Å². The second-order valence-electron chi connectivity index (χ2n) is 6.06. The van der Waals surface area contributed by atoms with E-state index < -0.39 is 0 Å². The van der Waals surface area contributed by atoms with Crippen molar-refractivity contribution >= 4 is 23.2 Å².